The van der Waals surface area contributed by atoms with Crippen molar-refractivity contribution < 1.29 is 9.84 Å². The molecule has 19 heavy (non-hydrogen) atoms. The van der Waals surface area contributed by atoms with Crippen molar-refractivity contribution in [1.29, 1.82) is 0 Å². The zero-order valence-corrected chi connectivity index (χ0v) is 10.7. The maximum absolute atomic E-state index is 9.09. The van der Waals surface area contributed by atoms with E-state index in [-0.39, 0.29) is 6.61 Å². The molecular weight excluding hydrogens is 236 g/mol. The van der Waals surface area contributed by atoms with Gasteiger partial charge in [0.15, 0.2) is 0 Å². The Labute approximate surface area is 113 Å². The van der Waals surface area contributed by atoms with Gasteiger partial charge in [-0.3, -0.25) is 0 Å². The van der Waals surface area contributed by atoms with Gasteiger partial charge in [-0.2, -0.15) is 0 Å². The molecule has 3 rings (SSSR count). The van der Waals surface area contributed by atoms with E-state index in [9.17, 15) is 0 Å². The Morgan fingerprint density at radius 2 is 1.74 bits per heavy atom. The summed E-state index contributed by atoms with van der Waals surface area (Å²) in [7, 11) is 0. The van der Waals surface area contributed by atoms with Crippen LogP contribution in [0, 0.1) is 0 Å². The Balaban J connectivity index is 2.19. The lowest BCUT2D eigenvalue weighted by Crippen LogP contribution is -1.94. The highest BCUT2D eigenvalue weighted by Gasteiger charge is 2.17. The second-order valence-electron chi connectivity index (χ2n) is 4.57. The van der Waals surface area contributed by atoms with E-state index in [1.165, 1.54) is 11.1 Å². The van der Waals surface area contributed by atoms with Gasteiger partial charge in [-0.1, -0.05) is 48.5 Å². The van der Waals surface area contributed by atoms with Crippen LogP contribution in [0.4, 0.5) is 0 Å². The minimum atomic E-state index is 0.161. The summed E-state index contributed by atoms with van der Waals surface area (Å²) in [5, 5.41) is 9.09. The van der Waals surface area contributed by atoms with Gasteiger partial charge in [0, 0.05) is 12.2 Å². The molecule has 1 heterocycles. The second-order valence-corrected chi connectivity index (χ2v) is 4.57. The molecule has 0 aromatic heterocycles. The lowest BCUT2D eigenvalue weighted by Gasteiger charge is -2.09. The maximum atomic E-state index is 9.09. The van der Waals surface area contributed by atoms with Gasteiger partial charge in [-0.15, -0.1) is 0 Å². The number of ether oxygens (including phenoxy) is 1. The fourth-order valence-electron chi connectivity index (χ4n) is 2.45. The third kappa shape index (κ3) is 2.27. The molecule has 1 aliphatic rings. The van der Waals surface area contributed by atoms with Crippen LogP contribution in [0.15, 0.2) is 54.6 Å². The van der Waals surface area contributed by atoms with Gasteiger partial charge in [0.2, 0.25) is 0 Å². The summed E-state index contributed by atoms with van der Waals surface area (Å²) < 4.78 is 5.88. The molecule has 0 amide bonds. The SMILES string of the molecule is OCC/C=C1/c2ccccc2COc2ccccc21. The molecule has 0 aliphatic carbocycles. The van der Waals surface area contributed by atoms with Crippen LogP contribution >= 0.6 is 0 Å². The van der Waals surface area contributed by atoms with Crippen molar-refractivity contribution >= 4 is 5.57 Å². The molecule has 0 saturated heterocycles. The van der Waals surface area contributed by atoms with Gasteiger partial charge in [-0.05, 0) is 29.2 Å². The molecule has 2 heteroatoms. The molecule has 0 bridgehead atoms. The van der Waals surface area contributed by atoms with E-state index in [1.54, 1.807) is 0 Å². The number of aliphatic hydroxyl groups is 1. The van der Waals surface area contributed by atoms with E-state index >= 15 is 0 Å². The quantitative estimate of drug-likeness (QED) is 0.887. The minimum absolute atomic E-state index is 0.161. The lowest BCUT2D eigenvalue weighted by atomic mass is 9.93. The van der Waals surface area contributed by atoms with E-state index in [1.807, 2.05) is 30.3 Å². The molecule has 0 radical (unpaired) electrons. The Kier molecular flexibility index (Phi) is 3.34. The Morgan fingerprint density at radius 1 is 1.00 bits per heavy atom. The van der Waals surface area contributed by atoms with Crippen LogP contribution < -0.4 is 4.74 Å². The second kappa shape index (κ2) is 5.29. The number of hydrogen-bond donors (Lipinski definition) is 1. The van der Waals surface area contributed by atoms with Crippen molar-refractivity contribution in [3.8, 4) is 5.75 Å². The number of benzene rings is 2. The molecule has 2 aromatic rings. The van der Waals surface area contributed by atoms with Crippen LogP contribution in [0.5, 0.6) is 5.75 Å². The first kappa shape index (κ1) is 12.0. The Bertz CT molecular complexity index is 565. The lowest BCUT2D eigenvalue weighted by molar-refractivity contribution is 0.302. The molecule has 0 saturated carbocycles. The fourth-order valence-corrected chi connectivity index (χ4v) is 2.45. The standard InChI is InChI=1S/C17H16O2/c18-11-5-9-15-14-7-2-1-6-13(14)12-19-17-10-4-3-8-16(15)17/h1-4,6-10,18H,5,11-12H2/b15-9-. The minimum Gasteiger partial charge on any atom is -0.488 e. The first-order valence-electron chi connectivity index (χ1n) is 6.51. The summed E-state index contributed by atoms with van der Waals surface area (Å²) in [6.45, 7) is 0.748. The number of aliphatic hydroxyl groups excluding tert-OH is 1. The van der Waals surface area contributed by atoms with Crippen molar-refractivity contribution in [3.63, 3.8) is 0 Å². The first-order valence-corrected chi connectivity index (χ1v) is 6.51. The summed E-state index contributed by atoms with van der Waals surface area (Å²) in [5.41, 5.74) is 4.63. The summed E-state index contributed by atoms with van der Waals surface area (Å²) in [5.74, 6) is 0.905. The molecule has 0 fully saturated rings. The summed E-state index contributed by atoms with van der Waals surface area (Å²) in [6.07, 6.45) is 2.74. The van der Waals surface area contributed by atoms with Crippen molar-refractivity contribution in [3.05, 3.63) is 71.3 Å². The fraction of sp³-hybridized carbons (Fsp3) is 0.176. The number of fused-ring (bicyclic) bond motifs is 2. The van der Waals surface area contributed by atoms with Gasteiger partial charge in [-0.25, -0.2) is 0 Å². The van der Waals surface area contributed by atoms with E-state index < -0.39 is 0 Å². The number of hydrogen-bond acceptors (Lipinski definition) is 2. The maximum Gasteiger partial charge on any atom is 0.127 e. The number of para-hydroxylation sites is 1. The molecule has 1 aliphatic heterocycles. The monoisotopic (exact) mass is 252 g/mol. The predicted molar refractivity (Wildman–Crippen MR) is 76.0 cm³/mol. The Morgan fingerprint density at radius 3 is 2.58 bits per heavy atom. The van der Waals surface area contributed by atoms with Crippen molar-refractivity contribution in [1.82, 2.24) is 0 Å². The molecule has 2 nitrogen and oxygen atoms in total. The van der Waals surface area contributed by atoms with Crippen molar-refractivity contribution in [2.24, 2.45) is 0 Å². The molecule has 0 spiro atoms. The molecule has 0 atom stereocenters. The molecular formula is C17H16O2. The highest BCUT2D eigenvalue weighted by molar-refractivity contribution is 5.84. The zero-order valence-electron chi connectivity index (χ0n) is 10.7. The largest absolute Gasteiger partial charge is 0.488 e. The van der Waals surface area contributed by atoms with Gasteiger partial charge >= 0.3 is 0 Å². The smallest absolute Gasteiger partial charge is 0.127 e. The van der Waals surface area contributed by atoms with E-state index in [0.717, 1.165) is 16.9 Å². The van der Waals surface area contributed by atoms with Crippen LogP contribution in [0.1, 0.15) is 23.1 Å². The Hall–Kier alpha value is -2.06. The van der Waals surface area contributed by atoms with Crippen LogP contribution in [-0.2, 0) is 6.61 Å². The summed E-state index contributed by atoms with van der Waals surface area (Å²) in [4.78, 5) is 0. The van der Waals surface area contributed by atoms with Crippen LogP contribution in [0.3, 0.4) is 0 Å². The van der Waals surface area contributed by atoms with E-state index in [4.69, 9.17) is 9.84 Å². The summed E-state index contributed by atoms with van der Waals surface area (Å²) >= 11 is 0. The van der Waals surface area contributed by atoms with Crippen molar-refractivity contribution in [2.45, 2.75) is 13.0 Å². The third-order valence-electron chi connectivity index (χ3n) is 3.35. The molecule has 2 aromatic carbocycles. The predicted octanol–water partition coefficient (Wildman–Crippen LogP) is 3.39. The highest BCUT2D eigenvalue weighted by atomic mass is 16.5. The number of rotatable bonds is 2. The van der Waals surface area contributed by atoms with Crippen LogP contribution in [-0.4, -0.2) is 11.7 Å². The zero-order chi connectivity index (χ0) is 13.1. The topological polar surface area (TPSA) is 29.5 Å². The third-order valence-corrected chi connectivity index (χ3v) is 3.35. The highest BCUT2D eigenvalue weighted by Crippen LogP contribution is 2.36. The summed E-state index contributed by atoms with van der Waals surface area (Å²) in [6, 6.07) is 16.3. The first-order chi connectivity index (χ1) is 9.40. The normalized spacial score (nSPS) is 15.3. The molecule has 96 valence electrons. The van der Waals surface area contributed by atoms with Crippen molar-refractivity contribution in [2.75, 3.05) is 6.61 Å². The van der Waals surface area contributed by atoms with Crippen LogP contribution in [0.25, 0.3) is 5.57 Å². The van der Waals surface area contributed by atoms with Gasteiger partial charge in [0.05, 0.1) is 0 Å². The van der Waals surface area contributed by atoms with Crippen LogP contribution in [0.2, 0.25) is 0 Å². The molecule has 1 N–H and O–H groups in total. The van der Waals surface area contributed by atoms with E-state index in [2.05, 4.69) is 24.3 Å². The average Bonchev–Trinajstić information content (AvgIpc) is 2.62. The van der Waals surface area contributed by atoms with E-state index in [0.29, 0.717) is 13.0 Å². The van der Waals surface area contributed by atoms with Gasteiger partial charge < -0.3 is 9.84 Å². The average molecular weight is 252 g/mol. The molecule has 0 unspecified atom stereocenters. The van der Waals surface area contributed by atoms with Gasteiger partial charge in [0.25, 0.3) is 0 Å². The van der Waals surface area contributed by atoms with Gasteiger partial charge in [0.1, 0.15) is 12.4 Å².